The van der Waals surface area contributed by atoms with Crippen molar-refractivity contribution >= 4 is 16.5 Å². The second-order valence-corrected chi connectivity index (χ2v) is 9.70. The van der Waals surface area contributed by atoms with Gasteiger partial charge in [0.15, 0.2) is 0 Å². The average Bonchev–Trinajstić information content (AvgIpc) is 2.79. The zero-order valence-corrected chi connectivity index (χ0v) is 22.1. The minimum atomic E-state index is 0. The molecule has 0 fully saturated rings. The molecule has 0 spiro atoms. The number of hydrogen-bond acceptors (Lipinski definition) is 0. The van der Waals surface area contributed by atoms with E-state index in [4.69, 9.17) is 0 Å². The highest BCUT2D eigenvalue weighted by atomic mass is 35.5. The predicted molar refractivity (Wildman–Crippen MR) is 142 cm³/mol. The third-order valence-corrected chi connectivity index (χ3v) is 7.02. The van der Waals surface area contributed by atoms with E-state index in [9.17, 15) is 0 Å². The van der Waals surface area contributed by atoms with E-state index in [-0.39, 0.29) is 12.4 Å². The molecule has 0 bridgehead atoms. The third-order valence-electron chi connectivity index (χ3n) is 7.02. The van der Waals surface area contributed by atoms with Gasteiger partial charge in [-0.15, -0.1) is 0 Å². The summed E-state index contributed by atoms with van der Waals surface area (Å²) in [5.74, 6) is 0. The zero-order chi connectivity index (χ0) is 22.2. The summed E-state index contributed by atoms with van der Waals surface area (Å²) < 4.78 is 1.17. The lowest BCUT2D eigenvalue weighted by molar-refractivity contribution is -0.00000669. The summed E-state index contributed by atoms with van der Waals surface area (Å²) in [6.45, 7) is 10.8. The van der Waals surface area contributed by atoms with Gasteiger partial charge < -0.3 is 12.4 Å². The van der Waals surface area contributed by atoms with Crippen LogP contribution in [-0.4, -0.2) is 19.6 Å². The topological polar surface area (TPSA) is 0 Å². The van der Waals surface area contributed by atoms with Crippen molar-refractivity contribution in [1.29, 1.82) is 0 Å². The van der Waals surface area contributed by atoms with Crippen molar-refractivity contribution < 1.29 is 12.4 Å². The SMILES string of the molecule is CCCCCCCCCCCCCC[N+](CCC)(CCC)c1cccc2ccccc12.[Cl-]. The summed E-state index contributed by atoms with van der Waals surface area (Å²) in [6, 6.07) is 16.0. The Labute approximate surface area is 206 Å². The Morgan fingerprint density at radius 2 is 1.00 bits per heavy atom. The Morgan fingerprint density at radius 3 is 1.56 bits per heavy atom. The Balaban J connectivity index is 0.00000512. The molecule has 182 valence electrons. The van der Waals surface area contributed by atoms with Crippen LogP contribution in [-0.2, 0) is 0 Å². The fourth-order valence-corrected chi connectivity index (χ4v) is 5.43. The van der Waals surface area contributed by atoms with Gasteiger partial charge >= 0.3 is 0 Å². The lowest BCUT2D eigenvalue weighted by Crippen LogP contribution is -3.00. The lowest BCUT2D eigenvalue weighted by atomic mass is 10.0. The molecule has 0 heterocycles. The normalized spacial score (nSPS) is 11.6. The van der Waals surface area contributed by atoms with E-state index in [1.54, 1.807) is 5.69 Å². The zero-order valence-electron chi connectivity index (χ0n) is 21.4. The van der Waals surface area contributed by atoms with Gasteiger partial charge in [-0.2, -0.15) is 0 Å². The molecule has 0 unspecified atom stereocenters. The Hall–Kier alpha value is -1.05. The van der Waals surface area contributed by atoms with Crippen LogP contribution in [0.1, 0.15) is 111 Å². The number of unbranched alkanes of at least 4 members (excludes halogenated alkanes) is 11. The minimum Gasteiger partial charge on any atom is -1.00 e. The van der Waals surface area contributed by atoms with Gasteiger partial charge in [-0.25, -0.2) is 0 Å². The molecule has 1 nitrogen and oxygen atoms in total. The number of fused-ring (bicyclic) bond motifs is 1. The van der Waals surface area contributed by atoms with Gasteiger partial charge in [0.05, 0.1) is 19.6 Å². The van der Waals surface area contributed by atoms with Crippen molar-refractivity contribution in [1.82, 2.24) is 4.48 Å². The van der Waals surface area contributed by atoms with E-state index in [1.807, 2.05) is 0 Å². The van der Waals surface area contributed by atoms with Crippen LogP contribution in [0.5, 0.6) is 0 Å². The first-order chi connectivity index (χ1) is 15.3. The fraction of sp³-hybridized carbons (Fsp3) is 0.667. The van der Waals surface area contributed by atoms with Crippen LogP contribution in [0.15, 0.2) is 42.5 Å². The summed E-state index contributed by atoms with van der Waals surface area (Å²) in [5.41, 5.74) is 1.56. The van der Waals surface area contributed by atoms with Gasteiger partial charge in [0.1, 0.15) is 5.69 Å². The average molecular weight is 460 g/mol. The molecule has 2 aromatic rings. The van der Waals surface area contributed by atoms with Crippen molar-refractivity contribution in [2.75, 3.05) is 19.6 Å². The Kier molecular flexibility index (Phi) is 15.8. The van der Waals surface area contributed by atoms with E-state index < -0.39 is 0 Å². The van der Waals surface area contributed by atoms with E-state index >= 15 is 0 Å². The van der Waals surface area contributed by atoms with E-state index in [0.29, 0.717) is 0 Å². The number of rotatable bonds is 18. The molecule has 0 saturated heterocycles. The molecule has 2 aromatic carbocycles. The molecule has 2 heteroatoms. The summed E-state index contributed by atoms with van der Waals surface area (Å²) in [4.78, 5) is 0. The first-order valence-corrected chi connectivity index (χ1v) is 13.6. The van der Waals surface area contributed by atoms with Crippen LogP contribution in [0, 0.1) is 0 Å². The van der Waals surface area contributed by atoms with Crippen molar-refractivity contribution in [3.63, 3.8) is 0 Å². The predicted octanol–water partition coefficient (Wildman–Crippen LogP) is 6.67. The molecule has 0 aliphatic heterocycles. The van der Waals surface area contributed by atoms with Gasteiger partial charge in [0.2, 0.25) is 0 Å². The molecule has 0 amide bonds. The van der Waals surface area contributed by atoms with Crippen LogP contribution in [0.3, 0.4) is 0 Å². The highest BCUT2D eigenvalue weighted by Gasteiger charge is 2.29. The number of nitrogens with zero attached hydrogens (tertiary/aromatic N) is 1. The van der Waals surface area contributed by atoms with Gasteiger partial charge in [0.25, 0.3) is 0 Å². The highest BCUT2D eigenvalue weighted by molar-refractivity contribution is 5.93. The standard InChI is InChI=1S/C30H50N.ClH/c1-4-7-8-9-10-11-12-13-14-15-16-19-27-31(25-5-2,26-6-3)30-24-20-22-28-21-17-18-23-29(28)30;/h17-18,20-24H,4-16,19,25-27H2,1-3H3;1H/q+1;/p-1. The molecule has 0 aliphatic carbocycles. The van der Waals surface area contributed by atoms with Crippen LogP contribution in [0.4, 0.5) is 5.69 Å². The first kappa shape index (κ1) is 29.0. The van der Waals surface area contributed by atoms with Crippen LogP contribution in [0.2, 0.25) is 0 Å². The maximum absolute atomic E-state index is 2.41. The van der Waals surface area contributed by atoms with Crippen molar-refractivity contribution in [2.24, 2.45) is 0 Å². The van der Waals surface area contributed by atoms with Crippen LogP contribution >= 0.6 is 0 Å². The number of hydrogen-bond donors (Lipinski definition) is 0. The minimum absolute atomic E-state index is 0. The molecule has 0 aromatic heterocycles. The molecule has 0 saturated carbocycles. The molecular weight excluding hydrogens is 410 g/mol. The van der Waals surface area contributed by atoms with Crippen LogP contribution < -0.4 is 16.9 Å². The second-order valence-electron chi connectivity index (χ2n) is 9.70. The maximum atomic E-state index is 2.41. The van der Waals surface area contributed by atoms with Gasteiger partial charge in [-0.3, -0.25) is 4.48 Å². The molecule has 0 aliphatic rings. The lowest BCUT2D eigenvalue weighted by Gasteiger charge is -2.39. The quantitative estimate of drug-likeness (QED) is 0.172. The summed E-state index contributed by atoms with van der Waals surface area (Å²) in [7, 11) is 0. The smallest absolute Gasteiger partial charge is 0.140 e. The first-order valence-electron chi connectivity index (χ1n) is 13.6. The molecule has 32 heavy (non-hydrogen) atoms. The second kappa shape index (κ2) is 17.4. The number of halogens is 1. The molecule has 0 radical (unpaired) electrons. The van der Waals surface area contributed by atoms with Gasteiger partial charge in [-0.05, 0) is 43.2 Å². The monoisotopic (exact) mass is 459 g/mol. The van der Waals surface area contributed by atoms with E-state index in [2.05, 4.69) is 63.2 Å². The van der Waals surface area contributed by atoms with Crippen molar-refractivity contribution in [3.05, 3.63) is 42.5 Å². The number of quaternary nitrogens is 1. The van der Waals surface area contributed by atoms with Crippen LogP contribution in [0.25, 0.3) is 10.8 Å². The largest absolute Gasteiger partial charge is 1.00 e. The molecule has 2 rings (SSSR count). The Morgan fingerprint density at radius 1 is 0.500 bits per heavy atom. The fourth-order valence-electron chi connectivity index (χ4n) is 5.43. The molecule has 0 N–H and O–H groups in total. The summed E-state index contributed by atoms with van der Waals surface area (Å²) in [5, 5.41) is 2.86. The Bertz CT molecular complexity index is 700. The highest BCUT2D eigenvalue weighted by Crippen LogP contribution is 2.33. The summed E-state index contributed by atoms with van der Waals surface area (Å²) >= 11 is 0. The van der Waals surface area contributed by atoms with E-state index in [0.717, 1.165) is 0 Å². The van der Waals surface area contributed by atoms with E-state index in [1.165, 1.54) is 125 Å². The molecule has 0 atom stereocenters. The third kappa shape index (κ3) is 9.44. The molecular formula is C30H50ClN. The van der Waals surface area contributed by atoms with Gasteiger partial charge in [0, 0.05) is 5.39 Å². The maximum Gasteiger partial charge on any atom is 0.140 e. The van der Waals surface area contributed by atoms with Crippen molar-refractivity contribution in [2.45, 2.75) is 111 Å². The number of benzene rings is 2. The summed E-state index contributed by atoms with van der Waals surface area (Å²) in [6.07, 6.45) is 19.6. The van der Waals surface area contributed by atoms with Crippen molar-refractivity contribution in [3.8, 4) is 0 Å². The van der Waals surface area contributed by atoms with Gasteiger partial charge in [-0.1, -0.05) is 115 Å².